The van der Waals surface area contributed by atoms with E-state index in [9.17, 15) is 0 Å². The Kier molecular flexibility index (Phi) is 3.64. The van der Waals surface area contributed by atoms with Gasteiger partial charge in [-0.3, -0.25) is 9.88 Å². The van der Waals surface area contributed by atoms with Crippen LogP contribution >= 0.6 is 0 Å². The maximum atomic E-state index is 5.52. The fraction of sp³-hybridized carbons (Fsp3) is 0.615. The number of nitrogens with zero attached hydrogens (tertiary/aromatic N) is 2. The highest BCUT2D eigenvalue weighted by atomic mass is 16.5. The Labute approximate surface area is 103 Å². The van der Waals surface area contributed by atoms with Gasteiger partial charge in [-0.2, -0.15) is 0 Å². The summed E-state index contributed by atoms with van der Waals surface area (Å²) < 4.78 is 5.52. The zero-order chi connectivity index (χ0) is 12.3. The van der Waals surface area contributed by atoms with E-state index in [0.717, 1.165) is 37.7 Å². The molecule has 0 unspecified atom stereocenters. The first-order valence-corrected chi connectivity index (χ1v) is 6.07. The van der Waals surface area contributed by atoms with Crippen LogP contribution < -0.4 is 5.32 Å². The van der Waals surface area contributed by atoms with Crippen LogP contribution in [0.5, 0.6) is 0 Å². The van der Waals surface area contributed by atoms with Gasteiger partial charge in [-0.25, -0.2) is 0 Å². The van der Waals surface area contributed by atoms with Crippen molar-refractivity contribution < 1.29 is 4.74 Å². The quantitative estimate of drug-likeness (QED) is 0.866. The Hall–Kier alpha value is -1.13. The molecule has 1 N–H and O–H groups in total. The van der Waals surface area contributed by atoms with Crippen LogP contribution in [0.1, 0.15) is 19.5 Å². The van der Waals surface area contributed by atoms with E-state index in [1.807, 2.05) is 19.3 Å². The number of morpholine rings is 1. The lowest BCUT2D eigenvalue weighted by Gasteiger charge is -2.41. The van der Waals surface area contributed by atoms with Gasteiger partial charge in [-0.05, 0) is 26.0 Å². The highest BCUT2D eigenvalue weighted by molar-refractivity contribution is 5.42. The summed E-state index contributed by atoms with van der Waals surface area (Å²) in [5.41, 5.74) is 2.31. The number of ether oxygens (including phenoxy) is 1. The summed E-state index contributed by atoms with van der Waals surface area (Å²) in [6, 6.07) is 4.08. The van der Waals surface area contributed by atoms with Gasteiger partial charge in [0, 0.05) is 37.6 Å². The maximum absolute atomic E-state index is 5.52. The average Bonchev–Trinajstić information content (AvgIpc) is 2.32. The van der Waals surface area contributed by atoms with E-state index in [1.165, 1.54) is 0 Å². The molecule has 2 rings (SSSR count). The van der Waals surface area contributed by atoms with Gasteiger partial charge >= 0.3 is 0 Å². The Morgan fingerprint density at radius 3 is 3.06 bits per heavy atom. The number of rotatable bonds is 3. The SMILES string of the molecule is CNc1ccnc(CN2CCOCC2(C)C)c1. The van der Waals surface area contributed by atoms with E-state index in [4.69, 9.17) is 4.74 Å². The van der Waals surface area contributed by atoms with Crippen LogP contribution in [0.2, 0.25) is 0 Å². The van der Waals surface area contributed by atoms with Gasteiger partial charge in [0.1, 0.15) is 0 Å². The van der Waals surface area contributed by atoms with Crippen LogP contribution in [-0.2, 0) is 11.3 Å². The molecule has 94 valence electrons. The Balaban J connectivity index is 2.08. The molecule has 1 fully saturated rings. The van der Waals surface area contributed by atoms with Crippen molar-refractivity contribution in [2.24, 2.45) is 0 Å². The average molecular weight is 235 g/mol. The second kappa shape index (κ2) is 5.02. The molecule has 0 bridgehead atoms. The molecule has 0 saturated carbocycles. The van der Waals surface area contributed by atoms with Crippen LogP contribution in [0, 0.1) is 0 Å². The Bertz CT molecular complexity index is 379. The summed E-state index contributed by atoms with van der Waals surface area (Å²) in [6.45, 7) is 7.89. The predicted octanol–water partition coefficient (Wildman–Crippen LogP) is 1.73. The van der Waals surface area contributed by atoms with Crippen molar-refractivity contribution in [1.82, 2.24) is 9.88 Å². The van der Waals surface area contributed by atoms with Crippen molar-refractivity contribution >= 4 is 5.69 Å². The number of pyridine rings is 1. The highest BCUT2D eigenvalue weighted by Crippen LogP contribution is 2.21. The van der Waals surface area contributed by atoms with Gasteiger partial charge in [0.15, 0.2) is 0 Å². The molecule has 1 aliphatic rings. The number of hydrogen-bond donors (Lipinski definition) is 1. The predicted molar refractivity (Wildman–Crippen MR) is 69.1 cm³/mol. The third kappa shape index (κ3) is 2.96. The molecule has 1 saturated heterocycles. The van der Waals surface area contributed by atoms with Gasteiger partial charge in [0.25, 0.3) is 0 Å². The maximum Gasteiger partial charge on any atom is 0.0645 e. The van der Waals surface area contributed by atoms with Gasteiger partial charge in [-0.1, -0.05) is 0 Å². The Morgan fingerprint density at radius 1 is 1.53 bits per heavy atom. The molecule has 0 aromatic carbocycles. The van der Waals surface area contributed by atoms with E-state index >= 15 is 0 Å². The molecule has 17 heavy (non-hydrogen) atoms. The second-order valence-electron chi connectivity index (χ2n) is 5.07. The molecule has 0 aliphatic carbocycles. The number of anilines is 1. The van der Waals surface area contributed by atoms with Crippen molar-refractivity contribution in [2.45, 2.75) is 25.9 Å². The van der Waals surface area contributed by atoms with Crippen LogP contribution in [0.15, 0.2) is 18.3 Å². The molecular weight excluding hydrogens is 214 g/mol. The molecular formula is C13H21N3O. The third-order valence-corrected chi connectivity index (χ3v) is 3.27. The van der Waals surface area contributed by atoms with E-state index in [-0.39, 0.29) is 5.54 Å². The highest BCUT2D eigenvalue weighted by Gasteiger charge is 2.30. The minimum absolute atomic E-state index is 0.0928. The van der Waals surface area contributed by atoms with Gasteiger partial charge in [0.05, 0.1) is 18.9 Å². The smallest absolute Gasteiger partial charge is 0.0645 e. The summed E-state index contributed by atoms with van der Waals surface area (Å²) in [4.78, 5) is 6.85. The third-order valence-electron chi connectivity index (χ3n) is 3.27. The number of aromatic nitrogens is 1. The zero-order valence-corrected chi connectivity index (χ0v) is 10.9. The van der Waals surface area contributed by atoms with Crippen LogP contribution in [0.3, 0.4) is 0 Å². The molecule has 1 aromatic rings. The van der Waals surface area contributed by atoms with Crippen molar-refractivity contribution in [1.29, 1.82) is 0 Å². The summed E-state index contributed by atoms with van der Waals surface area (Å²) >= 11 is 0. The topological polar surface area (TPSA) is 37.4 Å². The monoisotopic (exact) mass is 235 g/mol. The molecule has 4 nitrogen and oxygen atoms in total. The largest absolute Gasteiger partial charge is 0.388 e. The van der Waals surface area contributed by atoms with E-state index in [1.54, 1.807) is 0 Å². The first-order chi connectivity index (χ1) is 8.12. The van der Waals surface area contributed by atoms with Crippen molar-refractivity contribution in [2.75, 3.05) is 32.1 Å². The van der Waals surface area contributed by atoms with Crippen molar-refractivity contribution in [3.05, 3.63) is 24.0 Å². The lowest BCUT2D eigenvalue weighted by atomic mass is 10.0. The minimum atomic E-state index is 0.0928. The van der Waals surface area contributed by atoms with Crippen molar-refractivity contribution in [3.63, 3.8) is 0 Å². The molecule has 0 spiro atoms. The summed E-state index contributed by atoms with van der Waals surface area (Å²) in [6.07, 6.45) is 1.86. The Morgan fingerprint density at radius 2 is 2.35 bits per heavy atom. The normalized spacial score (nSPS) is 20.2. The first kappa shape index (κ1) is 12.3. The summed E-state index contributed by atoms with van der Waals surface area (Å²) in [5.74, 6) is 0. The number of nitrogens with one attached hydrogen (secondary N) is 1. The lowest BCUT2D eigenvalue weighted by molar-refractivity contribution is -0.0557. The number of hydrogen-bond acceptors (Lipinski definition) is 4. The fourth-order valence-corrected chi connectivity index (χ4v) is 2.10. The minimum Gasteiger partial charge on any atom is -0.388 e. The van der Waals surface area contributed by atoms with E-state index < -0.39 is 0 Å². The summed E-state index contributed by atoms with van der Waals surface area (Å²) in [7, 11) is 1.93. The van der Waals surface area contributed by atoms with E-state index in [2.05, 4.69) is 35.1 Å². The molecule has 1 aliphatic heterocycles. The lowest BCUT2D eigenvalue weighted by Crippen LogP contribution is -2.52. The molecule has 2 heterocycles. The second-order valence-corrected chi connectivity index (χ2v) is 5.07. The van der Waals surface area contributed by atoms with Crippen LogP contribution in [0.4, 0.5) is 5.69 Å². The zero-order valence-electron chi connectivity index (χ0n) is 10.9. The summed E-state index contributed by atoms with van der Waals surface area (Å²) in [5, 5.41) is 3.14. The molecule has 0 radical (unpaired) electrons. The first-order valence-electron chi connectivity index (χ1n) is 6.07. The fourth-order valence-electron chi connectivity index (χ4n) is 2.10. The van der Waals surface area contributed by atoms with Gasteiger partial charge in [0.2, 0.25) is 0 Å². The molecule has 1 aromatic heterocycles. The standard InChI is InChI=1S/C13H21N3O/c1-13(2)10-17-7-6-16(13)9-12-8-11(14-3)4-5-15-12/h4-5,8H,6-7,9-10H2,1-3H3,(H,14,15). The van der Waals surface area contributed by atoms with Gasteiger partial charge < -0.3 is 10.1 Å². The van der Waals surface area contributed by atoms with Crippen LogP contribution in [0.25, 0.3) is 0 Å². The van der Waals surface area contributed by atoms with Gasteiger partial charge in [-0.15, -0.1) is 0 Å². The molecule has 0 amide bonds. The van der Waals surface area contributed by atoms with Crippen molar-refractivity contribution in [3.8, 4) is 0 Å². The van der Waals surface area contributed by atoms with Crippen LogP contribution in [-0.4, -0.2) is 42.2 Å². The molecule has 4 heteroatoms. The molecule has 0 atom stereocenters. The van der Waals surface area contributed by atoms with E-state index in [0.29, 0.717) is 0 Å².